The first-order valence-electron chi connectivity index (χ1n) is 8.06. The van der Waals surface area contributed by atoms with Crippen molar-refractivity contribution in [3.63, 3.8) is 0 Å². The SMILES string of the molecule is CCN(CC)CC1CCN(C(=O)C2CC(O)CN2)CC1.Cl.Cl. The van der Waals surface area contributed by atoms with Crippen LogP contribution in [-0.2, 0) is 4.79 Å². The molecule has 1 amide bonds. The van der Waals surface area contributed by atoms with E-state index in [2.05, 4.69) is 24.1 Å². The molecule has 2 unspecified atom stereocenters. The van der Waals surface area contributed by atoms with Gasteiger partial charge in [-0.2, -0.15) is 0 Å². The van der Waals surface area contributed by atoms with Crippen LogP contribution in [0.4, 0.5) is 0 Å². The second kappa shape index (κ2) is 10.7. The number of nitrogens with zero attached hydrogens (tertiary/aromatic N) is 2. The van der Waals surface area contributed by atoms with Crippen LogP contribution in [0.2, 0.25) is 0 Å². The third-order valence-corrected chi connectivity index (χ3v) is 4.74. The number of rotatable bonds is 5. The molecule has 0 saturated carbocycles. The van der Waals surface area contributed by atoms with Crippen LogP contribution in [0.1, 0.15) is 33.1 Å². The monoisotopic (exact) mass is 355 g/mol. The van der Waals surface area contributed by atoms with E-state index in [9.17, 15) is 9.90 Å². The quantitative estimate of drug-likeness (QED) is 0.776. The lowest BCUT2D eigenvalue weighted by Gasteiger charge is -2.35. The standard InChI is InChI=1S/C15H29N3O2.2ClH/c1-3-17(4-2)11-12-5-7-18(8-6-12)15(20)14-9-13(19)10-16-14;;/h12-14,16,19H,3-11H2,1-2H3;2*1H. The second-order valence-corrected chi connectivity index (χ2v) is 6.10. The largest absolute Gasteiger partial charge is 0.392 e. The summed E-state index contributed by atoms with van der Waals surface area (Å²) < 4.78 is 0. The van der Waals surface area contributed by atoms with E-state index >= 15 is 0 Å². The average Bonchev–Trinajstić information content (AvgIpc) is 2.91. The van der Waals surface area contributed by atoms with Crippen LogP contribution in [0.15, 0.2) is 0 Å². The van der Waals surface area contributed by atoms with Gasteiger partial charge in [-0.1, -0.05) is 13.8 Å². The Bertz CT molecular complexity index is 322. The van der Waals surface area contributed by atoms with Crippen LogP contribution in [0, 0.1) is 5.92 Å². The van der Waals surface area contributed by atoms with Gasteiger partial charge in [0.25, 0.3) is 0 Å². The number of carbonyl (C=O) groups excluding carboxylic acids is 1. The summed E-state index contributed by atoms with van der Waals surface area (Å²) in [6.07, 6.45) is 2.43. The maximum atomic E-state index is 12.3. The molecule has 0 radical (unpaired) electrons. The van der Waals surface area contributed by atoms with Crippen molar-refractivity contribution in [2.45, 2.75) is 45.3 Å². The highest BCUT2D eigenvalue weighted by Crippen LogP contribution is 2.20. The summed E-state index contributed by atoms with van der Waals surface area (Å²) in [7, 11) is 0. The highest BCUT2D eigenvalue weighted by molar-refractivity contribution is 5.85. The van der Waals surface area contributed by atoms with Gasteiger partial charge in [-0.15, -0.1) is 24.8 Å². The van der Waals surface area contributed by atoms with E-state index in [1.165, 1.54) is 0 Å². The summed E-state index contributed by atoms with van der Waals surface area (Å²) in [5, 5.41) is 12.6. The number of amides is 1. The number of piperidine rings is 1. The predicted molar refractivity (Wildman–Crippen MR) is 94.0 cm³/mol. The van der Waals surface area contributed by atoms with Gasteiger partial charge < -0.3 is 20.2 Å². The number of hydrogen-bond donors (Lipinski definition) is 2. The number of carbonyl (C=O) groups is 1. The van der Waals surface area contributed by atoms with Crippen molar-refractivity contribution < 1.29 is 9.90 Å². The van der Waals surface area contributed by atoms with Gasteiger partial charge in [-0.25, -0.2) is 0 Å². The normalized spacial score (nSPS) is 25.7. The maximum absolute atomic E-state index is 12.3. The van der Waals surface area contributed by atoms with E-state index in [1.54, 1.807) is 0 Å². The summed E-state index contributed by atoms with van der Waals surface area (Å²) in [6, 6.07) is -0.163. The van der Waals surface area contributed by atoms with Crippen molar-refractivity contribution in [1.29, 1.82) is 0 Å². The van der Waals surface area contributed by atoms with Gasteiger partial charge in [-0.05, 0) is 38.3 Å². The smallest absolute Gasteiger partial charge is 0.239 e. The molecule has 2 fully saturated rings. The lowest BCUT2D eigenvalue weighted by atomic mass is 9.95. The molecule has 0 aromatic rings. The molecule has 2 rings (SSSR count). The molecule has 0 spiro atoms. The Kier molecular flexibility index (Phi) is 10.6. The molecule has 0 aliphatic carbocycles. The van der Waals surface area contributed by atoms with Gasteiger partial charge in [0.15, 0.2) is 0 Å². The van der Waals surface area contributed by atoms with E-state index in [0.717, 1.165) is 51.5 Å². The summed E-state index contributed by atoms with van der Waals surface area (Å²) >= 11 is 0. The minimum Gasteiger partial charge on any atom is -0.392 e. The minimum atomic E-state index is -0.357. The summed E-state index contributed by atoms with van der Waals surface area (Å²) in [5.74, 6) is 0.906. The van der Waals surface area contributed by atoms with E-state index in [0.29, 0.717) is 13.0 Å². The van der Waals surface area contributed by atoms with Gasteiger partial charge in [0.2, 0.25) is 5.91 Å². The fourth-order valence-corrected chi connectivity index (χ4v) is 3.31. The first-order chi connectivity index (χ1) is 9.63. The Morgan fingerprint density at radius 3 is 2.27 bits per heavy atom. The van der Waals surface area contributed by atoms with Gasteiger partial charge in [-0.3, -0.25) is 4.79 Å². The maximum Gasteiger partial charge on any atom is 0.239 e. The third-order valence-electron chi connectivity index (χ3n) is 4.74. The fraction of sp³-hybridized carbons (Fsp3) is 0.933. The first kappa shape index (κ1) is 21.9. The van der Waals surface area contributed by atoms with E-state index in [-0.39, 0.29) is 42.9 Å². The average molecular weight is 356 g/mol. The number of aliphatic hydroxyl groups is 1. The van der Waals surface area contributed by atoms with Crippen LogP contribution < -0.4 is 5.32 Å². The van der Waals surface area contributed by atoms with Gasteiger partial charge in [0.05, 0.1) is 12.1 Å². The van der Waals surface area contributed by atoms with Gasteiger partial charge in [0.1, 0.15) is 0 Å². The van der Waals surface area contributed by atoms with Gasteiger partial charge >= 0.3 is 0 Å². The zero-order valence-corrected chi connectivity index (χ0v) is 15.3. The molecule has 0 aromatic carbocycles. The number of aliphatic hydroxyl groups excluding tert-OH is 1. The van der Waals surface area contributed by atoms with Crippen molar-refractivity contribution in [3.8, 4) is 0 Å². The predicted octanol–water partition coefficient (Wildman–Crippen LogP) is 1.13. The van der Waals surface area contributed by atoms with Crippen LogP contribution >= 0.6 is 24.8 Å². The zero-order valence-electron chi connectivity index (χ0n) is 13.7. The Hall–Kier alpha value is -0.0700. The topological polar surface area (TPSA) is 55.8 Å². The highest BCUT2D eigenvalue weighted by atomic mass is 35.5. The number of β-amino-alcohol motifs (C(OH)–C–C–N with tert-alkyl or cyclic N) is 1. The van der Waals surface area contributed by atoms with Crippen molar-refractivity contribution in [1.82, 2.24) is 15.1 Å². The fourth-order valence-electron chi connectivity index (χ4n) is 3.31. The first-order valence-corrected chi connectivity index (χ1v) is 8.06. The summed E-state index contributed by atoms with van der Waals surface area (Å²) in [4.78, 5) is 16.8. The Morgan fingerprint density at radius 1 is 1.23 bits per heavy atom. The molecule has 7 heteroatoms. The lowest BCUT2D eigenvalue weighted by molar-refractivity contribution is -0.134. The molecule has 2 aliphatic heterocycles. The van der Waals surface area contributed by atoms with Crippen molar-refractivity contribution in [3.05, 3.63) is 0 Å². The van der Waals surface area contributed by atoms with Gasteiger partial charge in [0, 0.05) is 26.2 Å². The minimum absolute atomic E-state index is 0. The molecule has 2 aliphatic rings. The van der Waals surface area contributed by atoms with E-state index < -0.39 is 0 Å². The van der Waals surface area contributed by atoms with Crippen LogP contribution in [0.3, 0.4) is 0 Å². The molecule has 2 atom stereocenters. The number of halogens is 2. The zero-order chi connectivity index (χ0) is 14.5. The molecule has 132 valence electrons. The number of hydrogen-bond acceptors (Lipinski definition) is 4. The summed E-state index contributed by atoms with van der Waals surface area (Å²) in [5.41, 5.74) is 0. The van der Waals surface area contributed by atoms with Crippen LogP contribution in [0.5, 0.6) is 0 Å². The Balaban J connectivity index is 0.00000220. The third kappa shape index (κ3) is 5.85. The van der Waals surface area contributed by atoms with Crippen molar-refractivity contribution in [2.75, 3.05) is 39.3 Å². The molecule has 5 nitrogen and oxygen atoms in total. The van der Waals surface area contributed by atoms with E-state index in [1.807, 2.05) is 4.90 Å². The molecule has 22 heavy (non-hydrogen) atoms. The molecule has 2 heterocycles. The summed E-state index contributed by atoms with van der Waals surface area (Å²) in [6.45, 7) is 10.1. The van der Waals surface area contributed by atoms with Crippen LogP contribution in [0.25, 0.3) is 0 Å². The molecular weight excluding hydrogens is 325 g/mol. The molecule has 0 aromatic heterocycles. The highest BCUT2D eigenvalue weighted by Gasteiger charge is 2.33. The Labute approximate surface area is 146 Å². The van der Waals surface area contributed by atoms with Crippen molar-refractivity contribution >= 4 is 30.7 Å². The number of likely N-dealkylation sites (tertiary alicyclic amines) is 1. The molecule has 2 N–H and O–H groups in total. The molecule has 0 bridgehead atoms. The Morgan fingerprint density at radius 2 is 1.82 bits per heavy atom. The second-order valence-electron chi connectivity index (χ2n) is 6.10. The van der Waals surface area contributed by atoms with E-state index in [4.69, 9.17) is 0 Å². The number of nitrogens with one attached hydrogen (secondary N) is 1. The molecule has 2 saturated heterocycles. The van der Waals surface area contributed by atoms with Crippen LogP contribution in [-0.4, -0.2) is 72.2 Å². The lowest BCUT2D eigenvalue weighted by Crippen LogP contribution is -2.48. The van der Waals surface area contributed by atoms with Crippen molar-refractivity contribution in [2.24, 2.45) is 5.92 Å². The molecular formula is C15H31Cl2N3O2.